The number of benzene rings is 1. The highest BCUT2D eigenvalue weighted by Gasteiger charge is 2.22. The van der Waals surface area contributed by atoms with Crippen LogP contribution in [-0.4, -0.2) is 47.5 Å². The molecular weight excluding hydrogens is 430 g/mol. The molecule has 9 nitrogen and oxygen atoms in total. The lowest BCUT2D eigenvalue weighted by Gasteiger charge is -2.15. The molecule has 28 heavy (non-hydrogen) atoms. The van der Waals surface area contributed by atoms with Gasteiger partial charge in [-0.2, -0.15) is 0 Å². The van der Waals surface area contributed by atoms with E-state index in [0.717, 1.165) is 19.4 Å². The van der Waals surface area contributed by atoms with Crippen LogP contribution < -0.4 is 19.5 Å². The Morgan fingerprint density at radius 2 is 1.89 bits per heavy atom. The van der Waals surface area contributed by atoms with E-state index >= 15 is 0 Å². The van der Waals surface area contributed by atoms with Crippen LogP contribution in [0.3, 0.4) is 0 Å². The number of hydrogen-bond donors (Lipinski definition) is 1. The summed E-state index contributed by atoms with van der Waals surface area (Å²) in [6.45, 7) is 0.743. The van der Waals surface area contributed by atoms with Crippen LogP contribution in [0.25, 0.3) is 11.2 Å². The molecule has 0 amide bonds. The first kappa shape index (κ1) is 18.8. The Morgan fingerprint density at radius 3 is 2.50 bits per heavy atom. The number of hydrogen-bond acceptors (Lipinski definition) is 8. The summed E-state index contributed by atoms with van der Waals surface area (Å²) in [6, 6.07) is 3.61. The van der Waals surface area contributed by atoms with Crippen molar-refractivity contribution in [2.24, 2.45) is 0 Å². The normalized spacial score (nSPS) is 16.4. The first-order valence-electron chi connectivity index (χ1n) is 8.73. The minimum atomic E-state index is -0.0548. The summed E-state index contributed by atoms with van der Waals surface area (Å²) < 4.78 is 24.4. The summed E-state index contributed by atoms with van der Waals surface area (Å²) in [6.07, 6.45) is 3.64. The van der Waals surface area contributed by atoms with Crippen LogP contribution in [0.2, 0.25) is 0 Å². The lowest BCUT2D eigenvalue weighted by Crippen LogP contribution is -2.07. The molecule has 4 rings (SSSR count). The molecule has 1 aliphatic rings. The quantitative estimate of drug-likeness (QED) is 0.569. The molecule has 1 atom stereocenters. The van der Waals surface area contributed by atoms with E-state index in [9.17, 15) is 0 Å². The van der Waals surface area contributed by atoms with E-state index in [-0.39, 0.29) is 6.23 Å². The Hall–Kier alpha value is -2.59. The lowest BCUT2D eigenvalue weighted by atomic mass is 10.2. The van der Waals surface area contributed by atoms with Crippen molar-refractivity contribution in [2.75, 3.05) is 33.3 Å². The first-order chi connectivity index (χ1) is 13.6. The zero-order valence-electron chi connectivity index (χ0n) is 15.7. The van der Waals surface area contributed by atoms with Gasteiger partial charge in [0.15, 0.2) is 28.5 Å². The van der Waals surface area contributed by atoms with Gasteiger partial charge in [-0.1, -0.05) is 0 Å². The van der Waals surface area contributed by atoms with E-state index in [4.69, 9.17) is 18.9 Å². The number of nitrogens with one attached hydrogen (secondary N) is 1. The van der Waals surface area contributed by atoms with Gasteiger partial charge in [0.2, 0.25) is 10.5 Å². The van der Waals surface area contributed by atoms with Gasteiger partial charge in [-0.05, 0) is 28.8 Å². The average Bonchev–Trinajstić information content (AvgIpc) is 3.36. The van der Waals surface area contributed by atoms with Crippen molar-refractivity contribution >= 4 is 38.6 Å². The van der Waals surface area contributed by atoms with Crippen LogP contribution in [-0.2, 0) is 4.74 Å². The molecule has 1 aromatic carbocycles. The Labute approximate surface area is 170 Å². The molecule has 0 spiro atoms. The number of fused-ring (bicyclic) bond motifs is 1. The predicted molar refractivity (Wildman–Crippen MR) is 107 cm³/mol. The van der Waals surface area contributed by atoms with E-state index in [1.165, 1.54) is 0 Å². The summed E-state index contributed by atoms with van der Waals surface area (Å²) in [4.78, 5) is 13.5. The fraction of sp³-hybridized carbons (Fsp3) is 0.389. The summed E-state index contributed by atoms with van der Waals surface area (Å²) in [5, 5.41) is 3.28. The standard InChI is InChI=1S/C18H20BrN5O4/c1-25-11-7-10(8-12(26-2)15(11)27-3)21-16-14-17(23-18(19)22-16)24(9-20-14)13-5-4-6-28-13/h7-9,13H,4-6H2,1-3H3,(H,21,22,23). The van der Waals surface area contributed by atoms with Crippen molar-refractivity contribution < 1.29 is 18.9 Å². The van der Waals surface area contributed by atoms with Crippen molar-refractivity contribution in [1.82, 2.24) is 19.5 Å². The Bertz CT molecular complexity index is 978. The molecule has 10 heteroatoms. The van der Waals surface area contributed by atoms with Gasteiger partial charge in [0.05, 0.1) is 27.7 Å². The molecule has 1 fully saturated rings. The fourth-order valence-electron chi connectivity index (χ4n) is 3.26. The smallest absolute Gasteiger partial charge is 0.203 e. The lowest BCUT2D eigenvalue weighted by molar-refractivity contribution is 0.0592. The van der Waals surface area contributed by atoms with E-state index in [1.807, 2.05) is 4.57 Å². The second kappa shape index (κ2) is 7.80. The number of nitrogens with zero attached hydrogens (tertiary/aromatic N) is 4. The minimum absolute atomic E-state index is 0.0548. The number of aromatic nitrogens is 4. The van der Waals surface area contributed by atoms with Crippen molar-refractivity contribution in [1.29, 1.82) is 0 Å². The minimum Gasteiger partial charge on any atom is -0.493 e. The molecule has 1 aliphatic heterocycles. The maximum Gasteiger partial charge on any atom is 0.203 e. The molecule has 148 valence electrons. The molecular formula is C18H20BrN5O4. The maximum atomic E-state index is 5.77. The third-order valence-electron chi connectivity index (χ3n) is 4.54. The number of imidazole rings is 1. The van der Waals surface area contributed by atoms with Gasteiger partial charge >= 0.3 is 0 Å². The molecule has 1 saturated heterocycles. The molecule has 1 unspecified atom stereocenters. The largest absolute Gasteiger partial charge is 0.493 e. The maximum absolute atomic E-state index is 5.77. The van der Waals surface area contributed by atoms with Crippen molar-refractivity contribution in [3.8, 4) is 17.2 Å². The van der Waals surface area contributed by atoms with Gasteiger partial charge in [-0.15, -0.1) is 0 Å². The molecule has 0 saturated carbocycles. The van der Waals surface area contributed by atoms with Crippen LogP contribution in [0.15, 0.2) is 23.2 Å². The molecule has 3 heterocycles. The fourth-order valence-corrected chi connectivity index (χ4v) is 3.60. The number of anilines is 2. The zero-order chi connectivity index (χ0) is 19.7. The SMILES string of the molecule is COc1cc(Nc2nc(Br)nc3c2ncn3C2CCCO2)cc(OC)c1OC. The molecule has 0 aliphatic carbocycles. The van der Waals surface area contributed by atoms with E-state index in [2.05, 4.69) is 36.2 Å². The van der Waals surface area contributed by atoms with Gasteiger partial charge in [-0.3, -0.25) is 4.57 Å². The van der Waals surface area contributed by atoms with Crippen LogP contribution >= 0.6 is 15.9 Å². The third kappa shape index (κ3) is 3.33. The topological polar surface area (TPSA) is 92.6 Å². The number of rotatable bonds is 6. The predicted octanol–water partition coefficient (Wildman–Crippen LogP) is 3.67. The Morgan fingerprint density at radius 1 is 1.14 bits per heavy atom. The highest BCUT2D eigenvalue weighted by atomic mass is 79.9. The van der Waals surface area contributed by atoms with Crippen molar-refractivity contribution in [3.63, 3.8) is 0 Å². The summed E-state index contributed by atoms with van der Waals surface area (Å²) >= 11 is 3.39. The van der Waals surface area contributed by atoms with Gasteiger partial charge in [0, 0.05) is 24.4 Å². The Kier molecular flexibility index (Phi) is 5.23. The van der Waals surface area contributed by atoms with Gasteiger partial charge < -0.3 is 24.3 Å². The third-order valence-corrected chi connectivity index (χ3v) is 4.89. The molecule has 0 bridgehead atoms. The summed E-state index contributed by atoms with van der Waals surface area (Å²) in [5.74, 6) is 2.16. The van der Waals surface area contributed by atoms with Gasteiger partial charge in [0.1, 0.15) is 6.23 Å². The number of ether oxygens (including phenoxy) is 4. The zero-order valence-corrected chi connectivity index (χ0v) is 17.3. The summed E-state index contributed by atoms with van der Waals surface area (Å²) in [7, 11) is 4.71. The van der Waals surface area contributed by atoms with Crippen molar-refractivity contribution in [3.05, 3.63) is 23.2 Å². The van der Waals surface area contributed by atoms with Crippen LogP contribution in [0, 0.1) is 0 Å². The van der Waals surface area contributed by atoms with Gasteiger partial charge in [-0.25, -0.2) is 15.0 Å². The second-order valence-corrected chi connectivity index (χ2v) is 6.88. The highest BCUT2D eigenvalue weighted by Crippen LogP contribution is 2.41. The molecule has 2 aromatic heterocycles. The average molecular weight is 450 g/mol. The van der Waals surface area contributed by atoms with Crippen molar-refractivity contribution in [2.45, 2.75) is 19.1 Å². The van der Waals surface area contributed by atoms with Gasteiger partial charge in [0.25, 0.3) is 0 Å². The van der Waals surface area contributed by atoms with E-state index < -0.39 is 0 Å². The molecule has 1 N–H and O–H groups in total. The first-order valence-corrected chi connectivity index (χ1v) is 9.52. The van der Waals surface area contributed by atoms with E-state index in [0.29, 0.717) is 44.7 Å². The monoisotopic (exact) mass is 449 g/mol. The number of methoxy groups -OCH3 is 3. The number of halogens is 1. The van der Waals surface area contributed by atoms with Crippen LogP contribution in [0.5, 0.6) is 17.2 Å². The Balaban J connectivity index is 1.76. The second-order valence-electron chi connectivity index (χ2n) is 6.17. The van der Waals surface area contributed by atoms with E-state index in [1.54, 1.807) is 39.8 Å². The highest BCUT2D eigenvalue weighted by molar-refractivity contribution is 9.10. The summed E-state index contributed by atoms with van der Waals surface area (Å²) in [5.41, 5.74) is 2.06. The van der Waals surface area contributed by atoms with Crippen LogP contribution in [0.4, 0.5) is 11.5 Å². The molecule has 0 radical (unpaired) electrons. The van der Waals surface area contributed by atoms with Crippen LogP contribution in [0.1, 0.15) is 19.1 Å². The molecule has 3 aromatic rings.